The molecule has 0 N–H and O–H groups in total. The minimum atomic E-state index is -1.33. The molecule has 3 aromatic rings. The van der Waals surface area contributed by atoms with Crippen LogP contribution in [0.4, 0.5) is 23.5 Å². The Kier molecular flexibility index (Phi) is 9.28. The maximum atomic E-state index is 16.0. The van der Waals surface area contributed by atoms with Crippen LogP contribution in [0.5, 0.6) is 5.75 Å². The number of hydrogen-bond acceptors (Lipinski definition) is 11. The van der Waals surface area contributed by atoms with Gasteiger partial charge in [-0.2, -0.15) is 9.78 Å². The van der Waals surface area contributed by atoms with Gasteiger partial charge in [-0.15, -0.1) is 10.2 Å². The van der Waals surface area contributed by atoms with E-state index < -0.39 is 47.5 Å². The quantitative estimate of drug-likeness (QED) is 0.267. The summed E-state index contributed by atoms with van der Waals surface area (Å²) in [5.41, 5.74) is -0.611. The third kappa shape index (κ3) is 7.09. The molecule has 1 aromatic carbocycles. The highest BCUT2D eigenvalue weighted by atomic mass is 32.1. The third-order valence-corrected chi connectivity index (χ3v) is 8.77. The fourth-order valence-corrected chi connectivity index (χ4v) is 6.64. The van der Waals surface area contributed by atoms with Crippen LogP contribution in [0.15, 0.2) is 24.5 Å². The maximum absolute atomic E-state index is 16.0. The van der Waals surface area contributed by atoms with E-state index in [0.29, 0.717) is 40.5 Å². The number of rotatable bonds is 7. The van der Waals surface area contributed by atoms with Gasteiger partial charge in [-0.25, -0.2) is 18.4 Å². The van der Waals surface area contributed by atoms with Crippen LogP contribution in [0.2, 0.25) is 0 Å². The van der Waals surface area contributed by atoms with Crippen molar-refractivity contribution in [3.63, 3.8) is 0 Å². The Labute approximate surface area is 270 Å². The molecular weight excluding hydrogens is 622 g/mol. The molecule has 15 heteroatoms. The number of amides is 1. The number of piperidine rings is 1. The Morgan fingerprint density at radius 3 is 2.41 bits per heavy atom. The highest BCUT2D eigenvalue weighted by Crippen LogP contribution is 2.43. The zero-order valence-corrected chi connectivity index (χ0v) is 28.1. The topological polar surface area (TPSA) is 121 Å². The van der Waals surface area contributed by atoms with Gasteiger partial charge in [0.2, 0.25) is 5.13 Å². The van der Waals surface area contributed by atoms with Gasteiger partial charge in [-0.05, 0) is 72.9 Å². The van der Waals surface area contributed by atoms with Crippen molar-refractivity contribution in [3.05, 3.63) is 30.3 Å². The smallest absolute Gasteiger partial charge is 0.435 e. The molecule has 2 aliphatic rings. The van der Waals surface area contributed by atoms with Crippen LogP contribution < -0.4 is 9.64 Å². The zero-order chi connectivity index (χ0) is 33.6. The summed E-state index contributed by atoms with van der Waals surface area (Å²) in [5, 5.41) is 13.4. The molecule has 0 saturated carbocycles. The van der Waals surface area contributed by atoms with Gasteiger partial charge in [-0.1, -0.05) is 11.3 Å². The lowest BCUT2D eigenvalue weighted by Crippen LogP contribution is -2.59. The van der Waals surface area contributed by atoms with Crippen LogP contribution in [0, 0.1) is 5.82 Å². The molecule has 250 valence electrons. The van der Waals surface area contributed by atoms with E-state index in [1.54, 1.807) is 58.4 Å². The van der Waals surface area contributed by atoms with Gasteiger partial charge < -0.3 is 23.8 Å². The molecule has 2 aliphatic heterocycles. The molecule has 4 heterocycles. The Morgan fingerprint density at radius 1 is 1.04 bits per heavy atom. The van der Waals surface area contributed by atoms with Crippen molar-refractivity contribution in [1.29, 1.82) is 0 Å². The lowest BCUT2D eigenvalue weighted by Gasteiger charge is -2.44. The molecule has 46 heavy (non-hydrogen) atoms. The van der Waals surface area contributed by atoms with Gasteiger partial charge in [-0.3, -0.25) is 4.90 Å². The highest BCUT2D eigenvalue weighted by molar-refractivity contribution is 7.18. The molecule has 5 rings (SSSR count). The van der Waals surface area contributed by atoms with Crippen LogP contribution in [0.1, 0.15) is 60.8 Å². The summed E-state index contributed by atoms with van der Waals surface area (Å²) in [6, 6.07) is 1.46. The molecule has 12 nitrogen and oxygen atoms in total. The van der Waals surface area contributed by atoms with E-state index in [1.807, 2.05) is 0 Å². The minimum Gasteiger partial charge on any atom is -0.467 e. The van der Waals surface area contributed by atoms with Crippen molar-refractivity contribution in [2.45, 2.75) is 96.3 Å². The van der Waals surface area contributed by atoms with E-state index >= 15 is 8.78 Å². The van der Waals surface area contributed by atoms with E-state index in [9.17, 15) is 9.59 Å². The second-order valence-corrected chi connectivity index (χ2v) is 14.4. The average molecular weight is 663 g/mol. The van der Waals surface area contributed by atoms with Crippen LogP contribution in [0.25, 0.3) is 21.7 Å². The number of methoxy groups -OCH3 is 1. The van der Waals surface area contributed by atoms with Crippen molar-refractivity contribution < 1.29 is 37.3 Å². The van der Waals surface area contributed by atoms with Gasteiger partial charge >= 0.3 is 12.2 Å². The van der Waals surface area contributed by atoms with Crippen LogP contribution in [-0.4, -0.2) is 93.5 Å². The summed E-state index contributed by atoms with van der Waals surface area (Å²) in [6.07, 6.45) is 1.86. The molecular formula is C31H40F2N6O6S. The highest BCUT2D eigenvalue weighted by Gasteiger charge is 2.52. The first kappa shape index (κ1) is 33.5. The molecule has 2 saturated heterocycles. The lowest BCUT2D eigenvalue weighted by atomic mass is 9.95. The number of carbonyl (C=O) groups excluding carboxylic acids is 2. The molecule has 2 aromatic heterocycles. The Bertz CT molecular complexity index is 1580. The lowest BCUT2D eigenvalue weighted by molar-refractivity contribution is -0.0103. The molecule has 4 atom stereocenters. The largest absolute Gasteiger partial charge is 0.467 e. The number of alkyl halides is 1. The van der Waals surface area contributed by atoms with E-state index in [-0.39, 0.29) is 24.1 Å². The van der Waals surface area contributed by atoms with Crippen LogP contribution >= 0.6 is 11.3 Å². The normalized spacial score (nSPS) is 21.3. The van der Waals surface area contributed by atoms with Crippen LogP contribution in [0.3, 0.4) is 0 Å². The molecule has 2 fully saturated rings. The first-order valence-corrected chi connectivity index (χ1v) is 15.8. The second-order valence-electron chi connectivity index (χ2n) is 13.5. The average Bonchev–Trinajstić information content (AvgIpc) is 3.71. The summed E-state index contributed by atoms with van der Waals surface area (Å²) >= 11 is 1.17. The van der Waals surface area contributed by atoms with Gasteiger partial charge in [0.05, 0.1) is 23.8 Å². The van der Waals surface area contributed by atoms with Gasteiger partial charge in [0.25, 0.3) is 0 Å². The molecule has 2 bridgehead atoms. The zero-order valence-electron chi connectivity index (χ0n) is 27.2. The van der Waals surface area contributed by atoms with Crippen molar-refractivity contribution >= 4 is 28.7 Å². The number of halogens is 2. The Hall–Kier alpha value is -3.85. The van der Waals surface area contributed by atoms with Gasteiger partial charge in [0.15, 0.2) is 11.8 Å². The van der Waals surface area contributed by atoms with E-state index in [0.717, 1.165) is 4.68 Å². The Balaban J connectivity index is 1.38. The molecule has 1 amide bonds. The first-order chi connectivity index (χ1) is 21.6. The first-order valence-electron chi connectivity index (χ1n) is 15.0. The predicted molar refractivity (Wildman–Crippen MR) is 167 cm³/mol. The number of carbonyl (C=O) groups is 2. The summed E-state index contributed by atoms with van der Waals surface area (Å²) in [6.45, 7) is 10.5. The van der Waals surface area contributed by atoms with Crippen molar-refractivity contribution in [2.24, 2.45) is 0 Å². The number of aromatic nitrogens is 4. The summed E-state index contributed by atoms with van der Waals surface area (Å²) in [5.74, 6) is -0.343. The standard InChI is InChI=1S/C31H40F2N6O6S/c1-30(2,3)44-28(40)38-15-17(14-34-38)19-13-24(43-16-42-8)20(12-21(19)32)26-35-36-27(46-26)37(7)23-11-18-9-10-22(25(23)33)39(18)29(41)45-31(4,5)6/h12-15,18,22-23,25H,9-11,16H2,1-8H3/t18?,22?,23-,25+/m0/s1. The van der Waals surface area contributed by atoms with Crippen molar-refractivity contribution in [3.8, 4) is 27.4 Å². The Morgan fingerprint density at radius 2 is 1.74 bits per heavy atom. The van der Waals surface area contributed by atoms with Crippen LogP contribution in [-0.2, 0) is 14.2 Å². The summed E-state index contributed by atoms with van der Waals surface area (Å²) in [7, 11) is 3.21. The molecule has 0 radical (unpaired) electrons. The summed E-state index contributed by atoms with van der Waals surface area (Å²) < 4.78 is 54.4. The molecule has 0 spiro atoms. The van der Waals surface area contributed by atoms with E-state index in [4.69, 9.17) is 18.9 Å². The van der Waals surface area contributed by atoms with Gasteiger partial charge in [0, 0.05) is 37.5 Å². The molecule has 0 aliphatic carbocycles. The fraction of sp³-hybridized carbons (Fsp3) is 0.581. The number of hydrogen-bond donors (Lipinski definition) is 0. The minimum absolute atomic E-state index is 0.122. The number of benzene rings is 1. The maximum Gasteiger partial charge on any atom is 0.435 e. The van der Waals surface area contributed by atoms with Crippen molar-refractivity contribution in [1.82, 2.24) is 24.9 Å². The van der Waals surface area contributed by atoms with E-state index in [1.165, 1.54) is 43.0 Å². The monoisotopic (exact) mass is 662 g/mol. The number of fused-ring (bicyclic) bond motifs is 2. The third-order valence-electron chi connectivity index (χ3n) is 7.72. The molecule has 2 unspecified atom stereocenters. The number of nitrogens with zero attached hydrogens (tertiary/aromatic N) is 6. The van der Waals surface area contributed by atoms with Crippen molar-refractivity contribution in [2.75, 3.05) is 25.9 Å². The number of ether oxygens (including phenoxy) is 4. The fourth-order valence-electron chi connectivity index (χ4n) is 5.75. The number of anilines is 1. The predicted octanol–water partition coefficient (Wildman–Crippen LogP) is 6.29. The van der Waals surface area contributed by atoms with Gasteiger partial charge in [0.1, 0.15) is 28.9 Å². The summed E-state index contributed by atoms with van der Waals surface area (Å²) in [4.78, 5) is 28.6. The van der Waals surface area contributed by atoms with E-state index in [2.05, 4.69) is 15.3 Å². The SMILES string of the molecule is COCOc1cc(-c2cnn(C(=O)OC(C)(C)C)c2)c(F)cc1-c1nnc(N(C)[C@H]2CC3CCC([C@H]2F)N3C(=O)OC(C)(C)C)s1. The second kappa shape index (κ2) is 12.7.